The van der Waals surface area contributed by atoms with Gasteiger partial charge >= 0.3 is 5.76 Å². The van der Waals surface area contributed by atoms with Gasteiger partial charge in [-0.1, -0.05) is 0 Å². The molecule has 23 heavy (non-hydrogen) atoms. The lowest BCUT2D eigenvalue weighted by Crippen LogP contribution is -2.14. The van der Waals surface area contributed by atoms with Crippen LogP contribution in [0.2, 0.25) is 0 Å². The first-order valence-corrected chi connectivity index (χ1v) is 7.97. The molecule has 0 saturated carbocycles. The van der Waals surface area contributed by atoms with Gasteiger partial charge in [-0.3, -0.25) is 4.79 Å². The summed E-state index contributed by atoms with van der Waals surface area (Å²) in [5.74, 6) is -3.36. The first-order chi connectivity index (χ1) is 10.8. The van der Waals surface area contributed by atoms with Gasteiger partial charge in [0.05, 0.1) is 12.0 Å². The molecule has 0 aliphatic rings. The summed E-state index contributed by atoms with van der Waals surface area (Å²) in [5.41, 5.74) is 0.661. The Balaban J connectivity index is 2.14. The summed E-state index contributed by atoms with van der Waals surface area (Å²) in [6, 6.07) is 10.9. The number of amides is 1. The Bertz CT molecular complexity index is 787. The van der Waals surface area contributed by atoms with Crippen LogP contribution in [-0.4, -0.2) is 27.2 Å². The van der Waals surface area contributed by atoms with Crippen LogP contribution in [0.1, 0.15) is 10.4 Å². The highest BCUT2D eigenvalue weighted by molar-refractivity contribution is 7.91. The van der Waals surface area contributed by atoms with Crippen LogP contribution in [-0.2, 0) is 9.84 Å². The van der Waals surface area contributed by atoms with E-state index in [4.69, 9.17) is 4.74 Å². The van der Waals surface area contributed by atoms with E-state index in [0.717, 1.165) is 12.1 Å². The maximum atomic E-state index is 12.4. The quantitative estimate of drug-likeness (QED) is 0.907. The second-order valence-electron chi connectivity index (χ2n) is 4.51. The number of benzene rings is 2. The molecule has 2 aromatic carbocycles. The number of anilines is 1. The third kappa shape index (κ3) is 3.84. The van der Waals surface area contributed by atoms with Crippen molar-refractivity contribution >= 4 is 21.4 Å². The molecule has 0 saturated heterocycles. The predicted octanol–water partition coefficient (Wildman–Crippen LogP) is 2.94. The van der Waals surface area contributed by atoms with Gasteiger partial charge in [-0.15, -0.1) is 0 Å². The molecule has 0 bridgehead atoms. The number of nitrogens with one attached hydrogen (secondary N) is 1. The fourth-order valence-corrected chi connectivity index (χ4v) is 2.50. The molecular weight excluding hydrogens is 328 g/mol. The maximum absolute atomic E-state index is 12.4. The van der Waals surface area contributed by atoms with Crippen molar-refractivity contribution in [2.24, 2.45) is 0 Å². The monoisotopic (exact) mass is 341 g/mol. The van der Waals surface area contributed by atoms with Crippen molar-refractivity contribution < 1.29 is 26.7 Å². The van der Waals surface area contributed by atoms with Crippen molar-refractivity contribution in [1.29, 1.82) is 0 Å². The number of hydrogen-bond donors (Lipinski definition) is 1. The summed E-state index contributed by atoms with van der Waals surface area (Å²) >= 11 is 0. The zero-order valence-electron chi connectivity index (χ0n) is 12.0. The Hall–Kier alpha value is -2.48. The molecule has 0 unspecified atom stereocenters. The highest BCUT2D eigenvalue weighted by Gasteiger charge is 2.26. The van der Waals surface area contributed by atoms with Gasteiger partial charge in [0, 0.05) is 11.3 Å². The summed E-state index contributed by atoms with van der Waals surface area (Å²) in [7, 11) is -3.15. The Morgan fingerprint density at radius 2 is 1.61 bits per heavy atom. The molecule has 0 spiro atoms. The molecule has 5 nitrogen and oxygen atoms in total. The Kier molecular flexibility index (Phi) is 4.95. The van der Waals surface area contributed by atoms with E-state index in [-0.39, 0.29) is 5.56 Å². The second kappa shape index (κ2) is 6.74. The van der Waals surface area contributed by atoms with Crippen LogP contribution in [0.4, 0.5) is 14.5 Å². The molecule has 0 aliphatic heterocycles. The van der Waals surface area contributed by atoms with Crippen molar-refractivity contribution in [3.63, 3.8) is 0 Å². The van der Waals surface area contributed by atoms with Gasteiger partial charge < -0.3 is 10.1 Å². The number of methoxy groups -OCH3 is 1. The summed E-state index contributed by atoms with van der Waals surface area (Å²) in [5, 5.41) is 2.60. The molecule has 0 atom stereocenters. The highest BCUT2D eigenvalue weighted by atomic mass is 32.2. The summed E-state index contributed by atoms with van der Waals surface area (Å²) in [4.78, 5) is 11.5. The molecule has 2 aromatic rings. The van der Waals surface area contributed by atoms with Gasteiger partial charge in [0.25, 0.3) is 5.91 Å². The predicted molar refractivity (Wildman–Crippen MR) is 80.6 cm³/mol. The van der Waals surface area contributed by atoms with Crippen molar-refractivity contribution in [2.45, 2.75) is 10.7 Å². The molecule has 1 N–H and O–H groups in total. The lowest BCUT2D eigenvalue weighted by molar-refractivity contribution is 0.102. The molecular formula is C15H13F2NO4S. The van der Waals surface area contributed by atoms with Crippen LogP contribution in [0, 0.1) is 0 Å². The van der Waals surface area contributed by atoms with Crippen LogP contribution in [0.5, 0.6) is 5.75 Å². The van der Waals surface area contributed by atoms with Gasteiger partial charge in [-0.05, 0) is 48.5 Å². The number of ether oxygens (including phenoxy) is 1. The lowest BCUT2D eigenvalue weighted by atomic mass is 10.2. The average molecular weight is 341 g/mol. The van der Waals surface area contributed by atoms with Gasteiger partial charge in [0.15, 0.2) is 0 Å². The topological polar surface area (TPSA) is 72.5 Å². The number of sulfone groups is 1. The van der Waals surface area contributed by atoms with E-state index in [2.05, 4.69) is 5.32 Å². The van der Waals surface area contributed by atoms with Crippen LogP contribution in [0.3, 0.4) is 0 Å². The standard InChI is InChI=1S/C15H13F2NO4S/c1-22-12-6-4-11(5-7-12)18-14(19)10-2-8-13(9-3-10)23(20,21)15(16)17/h2-9,15H,1H3,(H,18,19). The number of hydrogen-bond acceptors (Lipinski definition) is 4. The Morgan fingerprint density at radius 3 is 2.09 bits per heavy atom. The van der Waals surface area contributed by atoms with Gasteiger partial charge in [0.1, 0.15) is 5.75 Å². The number of carbonyl (C=O) groups is 1. The first kappa shape index (κ1) is 16.9. The second-order valence-corrected chi connectivity index (χ2v) is 6.43. The largest absolute Gasteiger partial charge is 0.497 e. The first-order valence-electron chi connectivity index (χ1n) is 6.42. The third-order valence-electron chi connectivity index (χ3n) is 3.03. The summed E-state index contributed by atoms with van der Waals surface area (Å²) < 4.78 is 52.5. The number of carbonyl (C=O) groups excluding carboxylic acids is 1. The highest BCUT2D eigenvalue weighted by Crippen LogP contribution is 2.20. The number of alkyl halides is 2. The summed E-state index contributed by atoms with van der Waals surface area (Å²) in [6.07, 6.45) is 0. The molecule has 122 valence electrons. The number of rotatable bonds is 5. The van der Waals surface area contributed by atoms with Crippen molar-refractivity contribution in [1.82, 2.24) is 0 Å². The van der Waals surface area contributed by atoms with Crippen molar-refractivity contribution in [3.05, 3.63) is 54.1 Å². The maximum Gasteiger partial charge on any atom is 0.341 e. The zero-order valence-corrected chi connectivity index (χ0v) is 12.8. The minimum Gasteiger partial charge on any atom is -0.497 e. The van der Waals surface area contributed by atoms with Gasteiger partial charge in [-0.2, -0.15) is 8.78 Å². The Morgan fingerprint density at radius 1 is 1.04 bits per heavy atom. The minimum absolute atomic E-state index is 0.147. The van der Waals surface area contributed by atoms with Crippen LogP contribution in [0.25, 0.3) is 0 Å². The molecule has 0 heterocycles. The van der Waals surface area contributed by atoms with Crippen LogP contribution < -0.4 is 10.1 Å². The van der Waals surface area contributed by atoms with E-state index in [1.807, 2.05) is 0 Å². The van der Waals surface area contributed by atoms with Crippen LogP contribution >= 0.6 is 0 Å². The van der Waals surface area contributed by atoms with E-state index in [0.29, 0.717) is 11.4 Å². The normalized spacial score (nSPS) is 11.3. The average Bonchev–Trinajstić information content (AvgIpc) is 2.55. The van der Waals surface area contributed by atoms with E-state index in [1.165, 1.54) is 19.2 Å². The molecule has 2 rings (SSSR count). The fraction of sp³-hybridized carbons (Fsp3) is 0.133. The molecule has 0 fully saturated rings. The number of halogens is 2. The smallest absolute Gasteiger partial charge is 0.341 e. The van der Waals surface area contributed by atoms with Gasteiger partial charge in [-0.25, -0.2) is 8.42 Å². The molecule has 0 radical (unpaired) electrons. The van der Waals surface area contributed by atoms with Crippen molar-refractivity contribution in [2.75, 3.05) is 12.4 Å². The summed E-state index contributed by atoms with van der Waals surface area (Å²) in [6.45, 7) is 0. The fourth-order valence-electron chi connectivity index (χ4n) is 1.78. The Labute approximate surface area is 131 Å². The van der Waals surface area contributed by atoms with E-state index in [1.54, 1.807) is 24.3 Å². The lowest BCUT2D eigenvalue weighted by Gasteiger charge is -2.07. The van der Waals surface area contributed by atoms with E-state index in [9.17, 15) is 22.0 Å². The molecule has 8 heteroatoms. The minimum atomic E-state index is -4.66. The van der Waals surface area contributed by atoms with Gasteiger partial charge in [0.2, 0.25) is 9.84 Å². The third-order valence-corrected chi connectivity index (χ3v) is 4.43. The molecule has 0 aliphatic carbocycles. The molecule has 0 aromatic heterocycles. The van der Waals surface area contributed by atoms with Crippen LogP contribution in [0.15, 0.2) is 53.4 Å². The van der Waals surface area contributed by atoms with Crippen molar-refractivity contribution in [3.8, 4) is 5.75 Å². The molecule has 1 amide bonds. The SMILES string of the molecule is COc1ccc(NC(=O)c2ccc(S(=O)(=O)C(F)F)cc2)cc1. The zero-order chi connectivity index (χ0) is 17.0. The van der Waals surface area contributed by atoms with E-state index >= 15 is 0 Å². The van der Waals surface area contributed by atoms with E-state index < -0.39 is 26.4 Å².